The van der Waals surface area contributed by atoms with Gasteiger partial charge >= 0.3 is 0 Å². The van der Waals surface area contributed by atoms with Gasteiger partial charge in [-0.2, -0.15) is 0 Å². The summed E-state index contributed by atoms with van der Waals surface area (Å²) < 4.78 is 15.4. The second-order valence-corrected chi connectivity index (χ2v) is 7.11. The van der Waals surface area contributed by atoms with Crippen LogP contribution in [0, 0.1) is 16.3 Å². The average Bonchev–Trinajstić information content (AvgIpc) is 2.38. The van der Waals surface area contributed by atoms with Gasteiger partial charge in [-0.3, -0.25) is 4.79 Å². The normalized spacial score (nSPS) is 10.4. The number of rotatable bonds is 2. The van der Waals surface area contributed by atoms with Crippen molar-refractivity contribution in [1.29, 1.82) is 0 Å². The van der Waals surface area contributed by atoms with Gasteiger partial charge in [-0.15, -0.1) is 0 Å². The number of benzene rings is 2. The molecular formula is C14H9Br2FINO. The first-order valence-corrected chi connectivity index (χ1v) is 8.27. The number of anilines is 1. The van der Waals surface area contributed by atoms with Crippen LogP contribution in [0.3, 0.4) is 0 Å². The Morgan fingerprint density at radius 3 is 2.60 bits per heavy atom. The van der Waals surface area contributed by atoms with E-state index < -0.39 is 0 Å². The molecule has 2 aromatic rings. The fraction of sp³-hybridized carbons (Fsp3) is 0.0714. The number of carbonyl (C=O) groups is 1. The van der Waals surface area contributed by atoms with Gasteiger partial charge in [0.15, 0.2) is 0 Å². The van der Waals surface area contributed by atoms with Crippen molar-refractivity contribution >= 4 is 66.0 Å². The molecule has 0 heterocycles. The van der Waals surface area contributed by atoms with Crippen LogP contribution in [0.5, 0.6) is 0 Å². The number of hydrogen-bond acceptors (Lipinski definition) is 1. The van der Waals surface area contributed by atoms with E-state index in [4.69, 9.17) is 0 Å². The quantitative estimate of drug-likeness (QED) is 0.528. The first-order chi connectivity index (χ1) is 9.38. The summed E-state index contributed by atoms with van der Waals surface area (Å²) in [5.41, 5.74) is 1.78. The van der Waals surface area contributed by atoms with E-state index in [-0.39, 0.29) is 11.7 Å². The Labute approximate surface area is 146 Å². The second kappa shape index (κ2) is 6.53. The summed E-state index contributed by atoms with van der Waals surface area (Å²) in [6, 6.07) is 8.45. The van der Waals surface area contributed by atoms with E-state index in [9.17, 15) is 9.18 Å². The third-order valence-electron chi connectivity index (χ3n) is 2.69. The zero-order valence-electron chi connectivity index (χ0n) is 10.3. The lowest BCUT2D eigenvalue weighted by molar-refractivity contribution is 0.102. The van der Waals surface area contributed by atoms with Crippen LogP contribution in [0.1, 0.15) is 15.9 Å². The van der Waals surface area contributed by atoms with Crippen LogP contribution in [-0.4, -0.2) is 5.91 Å². The number of carbonyl (C=O) groups excluding carboxylic acids is 1. The van der Waals surface area contributed by atoms with E-state index in [1.54, 1.807) is 19.1 Å². The summed E-state index contributed by atoms with van der Waals surface area (Å²) in [7, 11) is 0. The summed E-state index contributed by atoms with van der Waals surface area (Å²) in [5.74, 6) is -0.590. The van der Waals surface area contributed by atoms with Crippen LogP contribution in [0.2, 0.25) is 0 Å². The summed E-state index contributed by atoms with van der Waals surface area (Å²) in [5, 5.41) is 2.79. The van der Waals surface area contributed by atoms with Crippen molar-refractivity contribution < 1.29 is 9.18 Å². The van der Waals surface area contributed by atoms with E-state index in [2.05, 4.69) is 59.8 Å². The van der Waals surface area contributed by atoms with Crippen LogP contribution >= 0.6 is 54.5 Å². The highest BCUT2D eigenvalue weighted by molar-refractivity contribution is 14.1. The third-order valence-corrected chi connectivity index (χ3v) is 4.66. The van der Waals surface area contributed by atoms with Crippen LogP contribution in [-0.2, 0) is 0 Å². The second-order valence-electron chi connectivity index (χ2n) is 4.16. The molecule has 0 radical (unpaired) electrons. The van der Waals surface area contributed by atoms with Gasteiger partial charge < -0.3 is 5.32 Å². The molecule has 0 saturated carbocycles. The lowest BCUT2D eigenvalue weighted by Gasteiger charge is -2.11. The van der Waals surface area contributed by atoms with Gasteiger partial charge in [-0.1, -0.05) is 0 Å². The molecule has 0 atom stereocenters. The predicted octanol–water partition coefficient (Wildman–Crippen LogP) is 5.52. The van der Waals surface area contributed by atoms with Crippen LogP contribution in [0.4, 0.5) is 10.1 Å². The van der Waals surface area contributed by atoms with Crippen molar-refractivity contribution in [2.45, 2.75) is 6.92 Å². The zero-order valence-corrected chi connectivity index (χ0v) is 15.6. The van der Waals surface area contributed by atoms with Crippen LogP contribution in [0.15, 0.2) is 39.3 Å². The molecule has 104 valence electrons. The lowest BCUT2D eigenvalue weighted by Crippen LogP contribution is -2.14. The minimum atomic E-state index is -0.351. The Morgan fingerprint density at radius 2 is 1.90 bits per heavy atom. The maximum absolute atomic E-state index is 13.4. The molecular weight excluding hydrogens is 504 g/mol. The standard InChI is InChI=1S/C14H9Br2FINO/c1-7-4-12(17)11(16)6-13(7)19-14(20)9-5-8(18)2-3-10(9)15/h2-6H,1H3,(H,19,20). The molecule has 0 aromatic heterocycles. The topological polar surface area (TPSA) is 29.1 Å². The van der Waals surface area contributed by atoms with Gasteiger partial charge in [0.2, 0.25) is 0 Å². The first kappa shape index (κ1) is 15.9. The lowest BCUT2D eigenvalue weighted by atomic mass is 10.1. The molecule has 1 amide bonds. The van der Waals surface area contributed by atoms with Gasteiger partial charge in [0.05, 0.1) is 10.0 Å². The van der Waals surface area contributed by atoms with Gasteiger partial charge in [0.1, 0.15) is 5.82 Å². The monoisotopic (exact) mass is 511 g/mol. The first-order valence-electron chi connectivity index (χ1n) is 5.60. The minimum Gasteiger partial charge on any atom is -0.322 e. The SMILES string of the molecule is Cc1cc(F)c(Br)cc1NC(=O)c1cc(I)ccc1Br. The fourth-order valence-electron chi connectivity index (χ4n) is 1.64. The minimum absolute atomic E-state index is 0.239. The summed E-state index contributed by atoms with van der Waals surface area (Å²) in [4.78, 5) is 12.3. The number of halogens is 4. The fourth-order valence-corrected chi connectivity index (χ4v) is 2.90. The largest absolute Gasteiger partial charge is 0.322 e. The highest BCUT2D eigenvalue weighted by Crippen LogP contribution is 2.26. The average molecular weight is 513 g/mol. The number of nitrogens with one attached hydrogen (secondary N) is 1. The Hall–Kier alpha value is -0.470. The van der Waals surface area contributed by atoms with Gasteiger partial charge in [-0.25, -0.2) is 4.39 Å². The molecule has 6 heteroatoms. The maximum atomic E-state index is 13.4. The number of amides is 1. The van der Waals surface area contributed by atoms with E-state index in [1.807, 2.05) is 12.1 Å². The third kappa shape index (κ3) is 3.59. The molecule has 20 heavy (non-hydrogen) atoms. The van der Waals surface area contributed by atoms with E-state index >= 15 is 0 Å². The zero-order chi connectivity index (χ0) is 14.9. The molecule has 0 saturated heterocycles. The molecule has 0 unspecified atom stereocenters. The Kier molecular flexibility index (Phi) is 5.19. The van der Waals surface area contributed by atoms with E-state index in [0.29, 0.717) is 25.8 Å². The molecule has 2 rings (SSSR count). The Morgan fingerprint density at radius 1 is 1.20 bits per heavy atom. The van der Waals surface area contributed by atoms with Crippen molar-refractivity contribution in [3.05, 3.63) is 59.8 Å². The molecule has 0 spiro atoms. The summed E-state index contributed by atoms with van der Waals surface area (Å²) >= 11 is 8.62. The maximum Gasteiger partial charge on any atom is 0.256 e. The van der Waals surface area contributed by atoms with Gasteiger partial charge in [-0.05, 0) is 97.3 Å². The van der Waals surface area contributed by atoms with Gasteiger partial charge in [0, 0.05) is 13.7 Å². The molecule has 0 aliphatic carbocycles. The van der Waals surface area contributed by atoms with Crippen molar-refractivity contribution in [3.63, 3.8) is 0 Å². The molecule has 0 aliphatic rings. The van der Waals surface area contributed by atoms with E-state index in [0.717, 1.165) is 3.57 Å². The van der Waals surface area contributed by atoms with Crippen molar-refractivity contribution in [3.8, 4) is 0 Å². The highest BCUT2D eigenvalue weighted by Gasteiger charge is 2.13. The molecule has 2 aromatic carbocycles. The van der Waals surface area contributed by atoms with Crippen molar-refractivity contribution in [1.82, 2.24) is 0 Å². The molecule has 2 nitrogen and oxygen atoms in total. The smallest absolute Gasteiger partial charge is 0.256 e. The highest BCUT2D eigenvalue weighted by atomic mass is 127. The van der Waals surface area contributed by atoms with E-state index in [1.165, 1.54) is 6.07 Å². The molecule has 0 bridgehead atoms. The number of aryl methyl sites for hydroxylation is 1. The molecule has 1 N–H and O–H groups in total. The summed E-state index contributed by atoms with van der Waals surface area (Å²) in [6.07, 6.45) is 0. The summed E-state index contributed by atoms with van der Waals surface area (Å²) in [6.45, 7) is 1.74. The molecule has 0 aliphatic heterocycles. The van der Waals surface area contributed by atoms with Crippen molar-refractivity contribution in [2.24, 2.45) is 0 Å². The predicted molar refractivity (Wildman–Crippen MR) is 93.6 cm³/mol. The van der Waals surface area contributed by atoms with Gasteiger partial charge in [0.25, 0.3) is 5.91 Å². The van der Waals surface area contributed by atoms with Crippen LogP contribution in [0.25, 0.3) is 0 Å². The Bertz CT molecular complexity index is 691. The van der Waals surface area contributed by atoms with Crippen molar-refractivity contribution in [2.75, 3.05) is 5.32 Å². The Balaban J connectivity index is 2.32. The van der Waals surface area contributed by atoms with Crippen LogP contribution < -0.4 is 5.32 Å². The molecule has 0 fully saturated rings. The number of hydrogen-bond donors (Lipinski definition) is 1.